The molecule has 0 aliphatic carbocycles. The lowest BCUT2D eigenvalue weighted by Gasteiger charge is -2.32. The Balaban J connectivity index is 2.13. The SMILES string of the molecule is CCOC(=O)COCCN1CCNC(=O)C1C. The van der Waals surface area contributed by atoms with Crippen molar-refractivity contribution in [3.63, 3.8) is 0 Å². The summed E-state index contributed by atoms with van der Waals surface area (Å²) in [6, 6.07) is -0.130. The first kappa shape index (κ1) is 13.9. The maximum absolute atomic E-state index is 11.4. The highest BCUT2D eigenvalue weighted by atomic mass is 16.6. The van der Waals surface area contributed by atoms with Crippen LogP contribution in [0.1, 0.15) is 13.8 Å². The number of rotatable bonds is 6. The fourth-order valence-electron chi connectivity index (χ4n) is 1.68. The van der Waals surface area contributed by atoms with Gasteiger partial charge in [0.05, 0.1) is 19.3 Å². The van der Waals surface area contributed by atoms with Gasteiger partial charge in [0.15, 0.2) is 0 Å². The average molecular weight is 244 g/mol. The van der Waals surface area contributed by atoms with Gasteiger partial charge in [-0.1, -0.05) is 0 Å². The second-order valence-corrected chi connectivity index (χ2v) is 3.86. The molecule has 98 valence electrons. The quantitative estimate of drug-likeness (QED) is 0.498. The van der Waals surface area contributed by atoms with E-state index in [1.807, 2.05) is 11.8 Å². The van der Waals surface area contributed by atoms with Gasteiger partial charge >= 0.3 is 5.97 Å². The van der Waals surface area contributed by atoms with E-state index >= 15 is 0 Å². The minimum atomic E-state index is -0.350. The lowest BCUT2D eigenvalue weighted by atomic mass is 10.2. The molecule has 0 spiro atoms. The Bertz CT molecular complexity index is 270. The highest BCUT2D eigenvalue weighted by molar-refractivity contribution is 5.81. The van der Waals surface area contributed by atoms with Gasteiger partial charge < -0.3 is 14.8 Å². The van der Waals surface area contributed by atoms with Crippen LogP contribution in [0.5, 0.6) is 0 Å². The van der Waals surface area contributed by atoms with Gasteiger partial charge in [-0.3, -0.25) is 9.69 Å². The van der Waals surface area contributed by atoms with Crippen molar-refractivity contribution in [1.29, 1.82) is 0 Å². The van der Waals surface area contributed by atoms with Gasteiger partial charge in [-0.15, -0.1) is 0 Å². The molecule has 0 aromatic rings. The third kappa shape index (κ3) is 4.70. The summed E-state index contributed by atoms with van der Waals surface area (Å²) in [7, 11) is 0. The fraction of sp³-hybridized carbons (Fsp3) is 0.818. The van der Waals surface area contributed by atoms with Gasteiger partial charge in [0.1, 0.15) is 6.61 Å². The average Bonchev–Trinajstić information content (AvgIpc) is 2.30. The molecule has 0 aromatic heterocycles. The fourth-order valence-corrected chi connectivity index (χ4v) is 1.68. The number of piperazine rings is 1. The molecule has 0 saturated carbocycles. The Labute approximate surface area is 101 Å². The lowest BCUT2D eigenvalue weighted by Crippen LogP contribution is -2.54. The molecule has 17 heavy (non-hydrogen) atoms. The van der Waals surface area contributed by atoms with Crippen LogP contribution in [0.15, 0.2) is 0 Å². The third-order valence-corrected chi connectivity index (χ3v) is 2.67. The Morgan fingerprint density at radius 1 is 1.59 bits per heavy atom. The molecule has 6 nitrogen and oxygen atoms in total. The van der Waals surface area contributed by atoms with Crippen molar-refractivity contribution in [3.8, 4) is 0 Å². The maximum Gasteiger partial charge on any atom is 0.332 e. The second-order valence-electron chi connectivity index (χ2n) is 3.86. The van der Waals surface area contributed by atoms with E-state index in [1.54, 1.807) is 6.92 Å². The van der Waals surface area contributed by atoms with Crippen LogP contribution in [0.2, 0.25) is 0 Å². The predicted octanol–water partition coefficient (Wildman–Crippen LogP) is -0.614. The van der Waals surface area contributed by atoms with E-state index in [4.69, 9.17) is 9.47 Å². The molecule has 1 aliphatic heterocycles. The van der Waals surface area contributed by atoms with Crippen LogP contribution < -0.4 is 5.32 Å². The Kier molecular flexibility index (Phi) is 5.93. The number of ether oxygens (including phenoxy) is 2. The molecular weight excluding hydrogens is 224 g/mol. The Morgan fingerprint density at radius 3 is 3.06 bits per heavy atom. The molecule has 1 unspecified atom stereocenters. The minimum Gasteiger partial charge on any atom is -0.464 e. The van der Waals surface area contributed by atoms with Crippen LogP contribution in [0, 0.1) is 0 Å². The van der Waals surface area contributed by atoms with Crippen molar-refractivity contribution in [1.82, 2.24) is 10.2 Å². The number of nitrogens with one attached hydrogen (secondary N) is 1. The summed E-state index contributed by atoms with van der Waals surface area (Å²) < 4.78 is 9.92. The van der Waals surface area contributed by atoms with Crippen molar-refractivity contribution in [2.24, 2.45) is 0 Å². The number of amides is 1. The third-order valence-electron chi connectivity index (χ3n) is 2.67. The normalized spacial score (nSPS) is 21.1. The standard InChI is InChI=1S/C11H20N2O4/c1-3-17-10(14)8-16-7-6-13-5-4-12-11(15)9(13)2/h9H,3-8H2,1-2H3,(H,12,15). The van der Waals surface area contributed by atoms with Crippen LogP contribution in [-0.2, 0) is 19.1 Å². The van der Waals surface area contributed by atoms with Gasteiger partial charge in [0.2, 0.25) is 5.91 Å². The summed E-state index contributed by atoms with van der Waals surface area (Å²) in [5.41, 5.74) is 0. The largest absolute Gasteiger partial charge is 0.464 e. The molecule has 6 heteroatoms. The van der Waals surface area contributed by atoms with E-state index in [0.717, 1.165) is 6.54 Å². The van der Waals surface area contributed by atoms with E-state index in [0.29, 0.717) is 26.3 Å². The Hall–Kier alpha value is -1.14. The molecule has 1 aliphatic rings. The molecule has 1 fully saturated rings. The van der Waals surface area contributed by atoms with E-state index < -0.39 is 0 Å². The zero-order valence-electron chi connectivity index (χ0n) is 10.4. The van der Waals surface area contributed by atoms with Crippen molar-refractivity contribution < 1.29 is 19.1 Å². The molecule has 1 atom stereocenters. The summed E-state index contributed by atoms with van der Waals surface area (Å²) in [4.78, 5) is 24.4. The summed E-state index contributed by atoms with van der Waals surface area (Å²) >= 11 is 0. The first-order chi connectivity index (χ1) is 8.15. The minimum absolute atomic E-state index is 0.0255. The molecule has 1 heterocycles. The molecule has 1 N–H and O–H groups in total. The zero-order valence-corrected chi connectivity index (χ0v) is 10.4. The molecule has 1 amide bonds. The number of carbonyl (C=O) groups excluding carboxylic acids is 2. The molecule has 1 rings (SSSR count). The number of esters is 1. The summed E-state index contributed by atoms with van der Waals surface area (Å²) in [6.07, 6.45) is 0. The van der Waals surface area contributed by atoms with Crippen molar-refractivity contribution in [2.45, 2.75) is 19.9 Å². The van der Waals surface area contributed by atoms with E-state index in [9.17, 15) is 9.59 Å². The smallest absolute Gasteiger partial charge is 0.332 e. The monoisotopic (exact) mass is 244 g/mol. The van der Waals surface area contributed by atoms with Crippen LogP contribution in [0.4, 0.5) is 0 Å². The summed E-state index contributed by atoms with van der Waals surface area (Å²) in [6.45, 7) is 6.51. The zero-order chi connectivity index (χ0) is 12.7. The van der Waals surface area contributed by atoms with Gasteiger partial charge in [-0.2, -0.15) is 0 Å². The number of carbonyl (C=O) groups is 2. The van der Waals surface area contributed by atoms with Crippen molar-refractivity contribution in [3.05, 3.63) is 0 Å². The Morgan fingerprint density at radius 2 is 2.35 bits per heavy atom. The first-order valence-corrected chi connectivity index (χ1v) is 5.90. The molecule has 1 saturated heterocycles. The number of hydrogen-bond donors (Lipinski definition) is 1. The molecule has 0 bridgehead atoms. The van der Waals surface area contributed by atoms with E-state index in [-0.39, 0.29) is 24.5 Å². The van der Waals surface area contributed by atoms with Gasteiger partial charge in [0.25, 0.3) is 0 Å². The number of hydrogen-bond acceptors (Lipinski definition) is 5. The second kappa shape index (κ2) is 7.24. The topological polar surface area (TPSA) is 67.9 Å². The summed E-state index contributed by atoms with van der Waals surface area (Å²) in [5, 5.41) is 2.79. The highest BCUT2D eigenvalue weighted by Crippen LogP contribution is 2.02. The van der Waals surface area contributed by atoms with E-state index in [2.05, 4.69) is 5.32 Å². The van der Waals surface area contributed by atoms with Gasteiger partial charge in [-0.25, -0.2) is 4.79 Å². The van der Waals surface area contributed by atoms with Crippen LogP contribution in [0.3, 0.4) is 0 Å². The highest BCUT2D eigenvalue weighted by Gasteiger charge is 2.24. The van der Waals surface area contributed by atoms with Crippen molar-refractivity contribution >= 4 is 11.9 Å². The lowest BCUT2D eigenvalue weighted by molar-refractivity contribution is -0.148. The summed E-state index contributed by atoms with van der Waals surface area (Å²) in [5.74, 6) is -0.307. The predicted molar refractivity (Wildman–Crippen MR) is 61.5 cm³/mol. The molecule has 0 radical (unpaired) electrons. The van der Waals surface area contributed by atoms with Crippen LogP contribution >= 0.6 is 0 Å². The van der Waals surface area contributed by atoms with Gasteiger partial charge in [-0.05, 0) is 13.8 Å². The van der Waals surface area contributed by atoms with Gasteiger partial charge in [0, 0.05) is 19.6 Å². The number of nitrogens with zero attached hydrogens (tertiary/aromatic N) is 1. The van der Waals surface area contributed by atoms with E-state index in [1.165, 1.54) is 0 Å². The molecule has 0 aromatic carbocycles. The van der Waals surface area contributed by atoms with Crippen molar-refractivity contribution in [2.75, 3.05) is 39.5 Å². The van der Waals surface area contributed by atoms with Crippen LogP contribution in [-0.4, -0.2) is 62.3 Å². The van der Waals surface area contributed by atoms with Crippen LogP contribution in [0.25, 0.3) is 0 Å². The maximum atomic E-state index is 11.4. The first-order valence-electron chi connectivity index (χ1n) is 5.90. The molecular formula is C11H20N2O4.